The third-order valence-corrected chi connectivity index (χ3v) is 4.29. The van der Waals surface area contributed by atoms with Crippen LogP contribution in [0.4, 0.5) is 5.69 Å². The molecule has 0 N–H and O–H groups in total. The SMILES string of the molecule is O=C1CCN(C(=O)CCc2ccccc2Cl)c2ccccc21. The van der Waals surface area contributed by atoms with Crippen LogP contribution in [0, 0.1) is 0 Å². The molecule has 4 heteroatoms. The molecule has 0 radical (unpaired) electrons. The molecular weight excluding hydrogens is 298 g/mol. The molecule has 0 fully saturated rings. The summed E-state index contributed by atoms with van der Waals surface area (Å²) in [5, 5.41) is 0.685. The number of aryl methyl sites for hydroxylation is 1. The van der Waals surface area contributed by atoms with Crippen molar-refractivity contribution in [2.45, 2.75) is 19.3 Å². The van der Waals surface area contributed by atoms with Crippen molar-refractivity contribution in [1.82, 2.24) is 0 Å². The van der Waals surface area contributed by atoms with Crippen molar-refractivity contribution in [3.63, 3.8) is 0 Å². The van der Waals surface area contributed by atoms with Gasteiger partial charge in [0, 0.05) is 30.0 Å². The Kier molecular flexibility index (Phi) is 4.25. The van der Waals surface area contributed by atoms with E-state index < -0.39 is 0 Å². The topological polar surface area (TPSA) is 37.4 Å². The maximum atomic E-state index is 12.5. The number of ketones is 1. The summed E-state index contributed by atoms with van der Waals surface area (Å²) in [5.74, 6) is 0.130. The largest absolute Gasteiger partial charge is 0.311 e. The van der Waals surface area contributed by atoms with E-state index in [0.717, 1.165) is 11.3 Å². The lowest BCUT2D eigenvalue weighted by atomic mass is 9.99. The number of carbonyl (C=O) groups excluding carboxylic acids is 2. The Morgan fingerprint density at radius 1 is 1.09 bits per heavy atom. The van der Waals surface area contributed by atoms with E-state index >= 15 is 0 Å². The Balaban J connectivity index is 1.75. The molecule has 1 aliphatic heterocycles. The molecule has 0 unspecified atom stereocenters. The zero-order chi connectivity index (χ0) is 15.5. The highest BCUT2D eigenvalue weighted by molar-refractivity contribution is 6.31. The highest BCUT2D eigenvalue weighted by atomic mass is 35.5. The third-order valence-electron chi connectivity index (χ3n) is 3.92. The Labute approximate surface area is 134 Å². The van der Waals surface area contributed by atoms with Crippen LogP contribution in [0.15, 0.2) is 48.5 Å². The molecule has 0 aromatic heterocycles. The van der Waals surface area contributed by atoms with Crippen LogP contribution in [0.3, 0.4) is 0 Å². The third kappa shape index (κ3) is 2.90. The average Bonchev–Trinajstić information content (AvgIpc) is 2.54. The van der Waals surface area contributed by atoms with Gasteiger partial charge >= 0.3 is 0 Å². The fourth-order valence-corrected chi connectivity index (χ4v) is 2.98. The first kappa shape index (κ1) is 14.8. The van der Waals surface area contributed by atoms with Crippen LogP contribution in [0.25, 0.3) is 0 Å². The first-order chi connectivity index (χ1) is 10.7. The molecule has 0 aliphatic carbocycles. The predicted molar refractivity (Wildman–Crippen MR) is 87.5 cm³/mol. The number of anilines is 1. The Morgan fingerprint density at radius 2 is 1.82 bits per heavy atom. The number of para-hydroxylation sites is 1. The fourth-order valence-electron chi connectivity index (χ4n) is 2.75. The predicted octanol–water partition coefficient (Wildman–Crippen LogP) is 3.89. The smallest absolute Gasteiger partial charge is 0.227 e. The first-order valence-electron chi connectivity index (χ1n) is 7.33. The van der Waals surface area contributed by atoms with Gasteiger partial charge in [-0.25, -0.2) is 0 Å². The second-order valence-corrected chi connectivity index (χ2v) is 5.73. The zero-order valence-electron chi connectivity index (χ0n) is 12.1. The molecular formula is C18H16ClNO2. The summed E-state index contributed by atoms with van der Waals surface area (Å²) in [6.07, 6.45) is 1.37. The van der Waals surface area contributed by atoms with Crippen molar-refractivity contribution >= 4 is 29.0 Å². The summed E-state index contributed by atoms with van der Waals surface area (Å²) in [6, 6.07) is 14.9. The maximum Gasteiger partial charge on any atom is 0.227 e. The second kappa shape index (κ2) is 6.32. The van der Waals surface area contributed by atoms with Crippen LogP contribution in [-0.4, -0.2) is 18.2 Å². The molecule has 0 atom stereocenters. The normalized spacial score (nSPS) is 13.9. The Hall–Kier alpha value is -2.13. The average molecular weight is 314 g/mol. The number of rotatable bonds is 3. The van der Waals surface area contributed by atoms with Gasteiger partial charge in [-0.15, -0.1) is 0 Å². The standard InChI is InChI=1S/C18H16ClNO2/c19-15-7-3-1-5-13(15)9-10-18(22)20-12-11-17(21)14-6-2-4-8-16(14)20/h1-8H,9-12H2. The van der Waals surface area contributed by atoms with Gasteiger partial charge in [-0.2, -0.15) is 0 Å². The van der Waals surface area contributed by atoms with E-state index in [2.05, 4.69) is 0 Å². The minimum atomic E-state index is 0.0277. The summed E-state index contributed by atoms with van der Waals surface area (Å²) >= 11 is 6.12. The van der Waals surface area contributed by atoms with Gasteiger partial charge in [0.1, 0.15) is 0 Å². The summed E-state index contributed by atoms with van der Waals surface area (Å²) < 4.78 is 0. The van der Waals surface area contributed by atoms with Crippen LogP contribution in [0.2, 0.25) is 5.02 Å². The summed E-state index contributed by atoms with van der Waals surface area (Å²) in [6.45, 7) is 0.456. The molecule has 3 rings (SSSR count). The van der Waals surface area contributed by atoms with Gasteiger partial charge in [-0.3, -0.25) is 9.59 Å². The minimum absolute atomic E-state index is 0.0277. The fraction of sp³-hybridized carbons (Fsp3) is 0.222. The molecule has 0 bridgehead atoms. The molecule has 0 saturated heterocycles. The number of benzene rings is 2. The number of halogens is 1. The molecule has 22 heavy (non-hydrogen) atoms. The molecule has 1 amide bonds. The molecule has 0 saturated carbocycles. The van der Waals surface area contributed by atoms with Crippen molar-refractivity contribution in [2.75, 3.05) is 11.4 Å². The number of nitrogens with zero attached hydrogens (tertiary/aromatic N) is 1. The number of hydrogen-bond acceptors (Lipinski definition) is 2. The first-order valence-corrected chi connectivity index (χ1v) is 7.70. The van der Waals surface area contributed by atoms with E-state index in [-0.39, 0.29) is 11.7 Å². The van der Waals surface area contributed by atoms with Gasteiger partial charge in [-0.1, -0.05) is 41.9 Å². The van der Waals surface area contributed by atoms with E-state index in [1.54, 1.807) is 11.0 Å². The van der Waals surface area contributed by atoms with Crippen molar-refractivity contribution in [1.29, 1.82) is 0 Å². The molecule has 112 valence electrons. The highest BCUT2D eigenvalue weighted by Crippen LogP contribution is 2.27. The van der Waals surface area contributed by atoms with Crippen LogP contribution in [0.1, 0.15) is 28.8 Å². The summed E-state index contributed by atoms with van der Waals surface area (Å²) in [7, 11) is 0. The van der Waals surface area contributed by atoms with Crippen LogP contribution in [0.5, 0.6) is 0 Å². The highest BCUT2D eigenvalue weighted by Gasteiger charge is 2.26. The van der Waals surface area contributed by atoms with Gasteiger partial charge in [0.05, 0.1) is 5.69 Å². The minimum Gasteiger partial charge on any atom is -0.311 e. The van der Waals surface area contributed by atoms with E-state index in [9.17, 15) is 9.59 Å². The van der Waals surface area contributed by atoms with E-state index in [1.807, 2.05) is 42.5 Å². The van der Waals surface area contributed by atoms with Crippen LogP contribution >= 0.6 is 11.6 Å². The van der Waals surface area contributed by atoms with Crippen molar-refractivity contribution in [3.05, 3.63) is 64.7 Å². The molecule has 0 spiro atoms. The number of carbonyl (C=O) groups is 2. The lowest BCUT2D eigenvalue weighted by molar-refractivity contribution is -0.118. The van der Waals surface area contributed by atoms with Crippen molar-refractivity contribution in [2.24, 2.45) is 0 Å². The number of fused-ring (bicyclic) bond motifs is 1. The van der Waals surface area contributed by atoms with Crippen LogP contribution in [-0.2, 0) is 11.2 Å². The maximum absolute atomic E-state index is 12.5. The summed E-state index contributed by atoms with van der Waals surface area (Å²) in [4.78, 5) is 26.2. The monoisotopic (exact) mass is 313 g/mol. The van der Waals surface area contributed by atoms with Crippen molar-refractivity contribution in [3.8, 4) is 0 Å². The van der Waals surface area contributed by atoms with Crippen LogP contribution < -0.4 is 4.90 Å². The molecule has 3 nitrogen and oxygen atoms in total. The van der Waals surface area contributed by atoms with E-state index in [1.165, 1.54) is 0 Å². The van der Waals surface area contributed by atoms with Crippen molar-refractivity contribution < 1.29 is 9.59 Å². The number of hydrogen-bond donors (Lipinski definition) is 0. The molecule has 1 heterocycles. The molecule has 1 aliphatic rings. The van der Waals surface area contributed by atoms with Gasteiger partial charge in [-0.05, 0) is 30.2 Å². The summed E-state index contributed by atoms with van der Waals surface area (Å²) in [5.41, 5.74) is 2.33. The number of amides is 1. The quantitative estimate of drug-likeness (QED) is 0.862. The van der Waals surface area contributed by atoms with Gasteiger partial charge in [0.25, 0.3) is 0 Å². The second-order valence-electron chi connectivity index (χ2n) is 5.33. The zero-order valence-corrected chi connectivity index (χ0v) is 12.8. The lowest BCUT2D eigenvalue weighted by Gasteiger charge is -2.28. The van der Waals surface area contributed by atoms with E-state index in [4.69, 9.17) is 11.6 Å². The number of Topliss-reactive ketones (excluding diaryl/α,β-unsaturated/α-hetero) is 1. The molecule has 2 aromatic carbocycles. The van der Waals surface area contributed by atoms with Gasteiger partial charge in [0.15, 0.2) is 5.78 Å². The molecule has 2 aromatic rings. The van der Waals surface area contributed by atoms with E-state index in [0.29, 0.717) is 36.4 Å². The van der Waals surface area contributed by atoms with Gasteiger partial charge in [0.2, 0.25) is 5.91 Å². The van der Waals surface area contributed by atoms with Gasteiger partial charge < -0.3 is 4.90 Å². The Morgan fingerprint density at radius 3 is 2.64 bits per heavy atom. The Bertz CT molecular complexity index is 727. The lowest BCUT2D eigenvalue weighted by Crippen LogP contribution is -2.37.